The van der Waals surface area contributed by atoms with Crippen LogP contribution in [0.4, 0.5) is 22.7 Å². The van der Waals surface area contributed by atoms with Crippen molar-refractivity contribution in [1.82, 2.24) is 0 Å². The maximum atomic E-state index is 8.62. The average Bonchev–Trinajstić information content (AvgIpc) is 3.06. The van der Waals surface area contributed by atoms with Gasteiger partial charge in [-0.15, -0.1) is 48.3 Å². The molecule has 0 aromatic heterocycles. The van der Waals surface area contributed by atoms with Gasteiger partial charge in [-0.1, -0.05) is 42.8 Å². The number of rotatable bonds is 7. The van der Waals surface area contributed by atoms with Gasteiger partial charge in [-0.2, -0.15) is 5.26 Å². The monoisotopic (exact) mass is 758 g/mol. The predicted molar refractivity (Wildman–Crippen MR) is 212 cm³/mol. The second kappa shape index (κ2) is 23.9. The van der Waals surface area contributed by atoms with Crippen LogP contribution in [-0.4, -0.2) is 46.8 Å². The van der Waals surface area contributed by atoms with Crippen molar-refractivity contribution >= 4 is 100 Å². The first-order chi connectivity index (χ1) is 21.1. The number of aliphatic imine (C=N–C) groups is 1. The molecule has 4 rings (SSSR count). The van der Waals surface area contributed by atoms with Gasteiger partial charge >= 0.3 is 0 Å². The van der Waals surface area contributed by atoms with Crippen molar-refractivity contribution < 1.29 is 9.47 Å². The van der Waals surface area contributed by atoms with E-state index in [9.17, 15) is 0 Å². The number of nitrogens with two attached hydrogens (primary N) is 2. The summed E-state index contributed by atoms with van der Waals surface area (Å²) in [6.07, 6.45) is 6.11. The molecule has 0 saturated heterocycles. The number of hydrogen-bond acceptors (Lipinski definition) is 8. The molecule has 0 atom stereocenters. The van der Waals surface area contributed by atoms with Gasteiger partial charge < -0.3 is 25.8 Å². The molecule has 0 amide bonds. The third kappa shape index (κ3) is 15.0. The van der Waals surface area contributed by atoms with Crippen molar-refractivity contribution in [2.75, 3.05) is 56.4 Å². The number of nitrogen functional groups attached to an aromatic ring is 1. The van der Waals surface area contributed by atoms with Crippen molar-refractivity contribution in [2.45, 2.75) is 17.2 Å². The minimum atomic E-state index is 0. The standard InChI is InChI=1S/C16H18ClN3OS.C9H10N2S.C7H8ClNO.CH4.2ClH/c1-20(11-5-4-6-13(9-11)22-3)16(18)19-15-10-12(21-2)7-8-14(15)17;1-11(7-10)8-4-3-5-9(6-8)12-2;1-10-5-2-3-6(8)7(9)4-5;;;/h4-10H,1-3H3,(H2,18,19);3-6H,1-2H3;2-4H,9H2,1H3;1H4;2*1H. The second-order valence-electron chi connectivity index (χ2n) is 8.80. The third-order valence-corrected chi connectivity index (χ3v) is 8.08. The molecule has 0 heterocycles. The lowest BCUT2D eigenvalue weighted by Crippen LogP contribution is -2.33. The van der Waals surface area contributed by atoms with Gasteiger partial charge in [0.2, 0.25) is 5.96 Å². The molecule has 47 heavy (non-hydrogen) atoms. The molecule has 0 aliphatic rings. The van der Waals surface area contributed by atoms with E-state index < -0.39 is 0 Å². The number of guanidine groups is 1. The SMILES string of the molecule is C.COc1ccc(Cl)c(N)c1.COc1ccc(Cl)c(N=C(N)N(C)c2cccc(SC)c2)c1.CSc1cccc(N(C)C#N)c1.Cl.Cl. The van der Waals surface area contributed by atoms with E-state index in [1.165, 1.54) is 4.90 Å². The molecule has 0 bridgehead atoms. The summed E-state index contributed by atoms with van der Waals surface area (Å²) in [5.41, 5.74) is 14.6. The maximum Gasteiger partial charge on any atom is 0.200 e. The molecule has 4 N–H and O–H groups in total. The average molecular weight is 761 g/mol. The number of ether oxygens (including phenoxy) is 2. The summed E-state index contributed by atoms with van der Waals surface area (Å²) in [5, 5.41) is 9.70. The van der Waals surface area contributed by atoms with Gasteiger partial charge in [0.1, 0.15) is 11.5 Å². The van der Waals surface area contributed by atoms with E-state index in [2.05, 4.69) is 17.3 Å². The minimum absolute atomic E-state index is 0. The summed E-state index contributed by atoms with van der Waals surface area (Å²) >= 11 is 15.2. The van der Waals surface area contributed by atoms with Crippen molar-refractivity contribution in [1.29, 1.82) is 5.26 Å². The molecule has 0 aliphatic carbocycles. The van der Waals surface area contributed by atoms with Crippen LogP contribution in [0, 0.1) is 11.5 Å². The Morgan fingerprint density at radius 1 is 0.787 bits per heavy atom. The van der Waals surface area contributed by atoms with Crippen LogP contribution in [0.5, 0.6) is 11.5 Å². The molecule has 0 aliphatic heterocycles. The lowest BCUT2D eigenvalue weighted by molar-refractivity contribution is 0.415. The molecule has 4 aromatic carbocycles. The van der Waals surface area contributed by atoms with Gasteiger partial charge in [-0.3, -0.25) is 4.90 Å². The summed E-state index contributed by atoms with van der Waals surface area (Å²) in [6, 6.07) is 26.4. The molecule has 256 valence electrons. The van der Waals surface area contributed by atoms with Crippen LogP contribution in [0.3, 0.4) is 0 Å². The Morgan fingerprint density at radius 3 is 1.77 bits per heavy atom. The third-order valence-electron chi connectivity index (χ3n) is 5.97. The molecular weight excluding hydrogens is 718 g/mol. The molecule has 4 aromatic rings. The molecular formula is C33H42Cl4N6O2S2. The van der Waals surface area contributed by atoms with Gasteiger partial charge in [0, 0.05) is 41.7 Å². The van der Waals surface area contributed by atoms with Gasteiger partial charge in [0.05, 0.1) is 41.3 Å². The van der Waals surface area contributed by atoms with Crippen LogP contribution < -0.4 is 30.7 Å². The van der Waals surface area contributed by atoms with E-state index in [1.807, 2.05) is 66.9 Å². The Kier molecular flexibility index (Phi) is 23.3. The zero-order valence-electron chi connectivity index (χ0n) is 26.2. The summed E-state index contributed by atoms with van der Waals surface area (Å²) in [4.78, 5) is 10.1. The van der Waals surface area contributed by atoms with Crippen LogP contribution in [0.2, 0.25) is 10.0 Å². The number of thioether (sulfide) groups is 2. The van der Waals surface area contributed by atoms with E-state index in [1.54, 1.807) is 86.1 Å². The molecule has 8 nitrogen and oxygen atoms in total. The summed E-state index contributed by atoms with van der Waals surface area (Å²) in [6.45, 7) is 0. The van der Waals surface area contributed by atoms with E-state index >= 15 is 0 Å². The molecule has 0 fully saturated rings. The minimum Gasteiger partial charge on any atom is -0.497 e. The molecule has 14 heteroatoms. The quantitative estimate of drug-likeness (QED) is 0.0475. The highest BCUT2D eigenvalue weighted by Gasteiger charge is 2.08. The predicted octanol–water partition coefficient (Wildman–Crippen LogP) is 9.89. The number of anilines is 3. The molecule has 0 radical (unpaired) electrons. The Hall–Kier alpha value is -3.30. The second-order valence-corrected chi connectivity index (χ2v) is 11.4. The first-order valence-corrected chi connectivity index (χ1v) is 16.2. The number of hydrogen-bond donors (Lipinski definition) is 2. The number of nitriles is 1. The Balaban J connectivity index is 0. The number of methoxy groups -OCH3 is 2. The highest BCUT2D eigenvalue weighted by Crippen LogP contribution is 2.30. The lowest BCUT2D eigenvalue weighted by Gasteiger charge is -2.19. The smallest absolute Gasteiger partial charge is 0.200 e. The van der Waals surface area contributed by atoms with Crippen LogP contribution in [0.15, 0.2) is 99.7 Å². The summed E-state index contributed by atoms with van der Waals surface area (Å²) in [5.74, 6) is 1.76. The highest BCUT2D eigenvalue weighted by atomic mass is 35.5. The van der Waals surface area contributed by atoms with Crippen molar-refractivity contribution in [3.63, 3.8) is 0 Å². The fourth-order valence-electron chi connectivity index (χ4n) is 3.38. The number of nitrogens with zero attached hydrogens (tertiary/aromatic N) is 4. The highest BCUT2D eigenvalue weighted by molar-refractivity contribution is 7.98. The van der Waals surface area contributed by atoms with Crippen LogP contribution in [0.1, 0.15) is 7.43 Å². The van der Waals surface area contributed by atoms with Crippen LogP contribution >= 0.6 is 71.5 Å². The Labute approximate surface area is 310 Å². The molecule has 0 unspecified atom stereocenters. The largest absolute Gasteiger partial charge is 0.497 e. The van der Waals surface area contributed by atoms with Gasteiger partial charge in [-0.25, -0.2) is 4.99 Å². The topological polar surface area (TPSA) is 113 Å². The maximum absolute atomic E-state index is 8.62. The Morgan fingerprint density at radius 2 is 1.28 bits per heavy atom. The van der Waals surface area contributed by atoms with E-state index in [-0.39, 0.29) is 32.2 Å². The normalized spacial score (nSPS) is 9.64. The molecule has 0 spiro atoms. The number of halogens is 4. The van der Waals surface area contributed by atoms with Crippen LogP contribution in [0.25, 0.3) is 0 Å². The van der Waals surface area contributed by atoms with Gasteiger partial charge in [-0.05, 0) is 73.2 Å². The fraction of sp³-hybridized carbons (Fsp3) is 0.212. The van der Waals surface area contributed by atoms with E-state index in [0.717, 1.165) is 22.0 Å². The Bertz CT molecular complexity index is 1590. The van der Waals surface area contributed by atoms with Crippen molar-refractivity contribution in [3.8, 4) is 17.7 Å². The fourth-order valence-corrected chi connectivity index (χ4v) is 4.56. The first kappa shape index (κ1) is 45.8. The number of benzene rings is 4. The zero-order valence-corrected chi connectivity index (χ0v) is 31.0. The van der Waals surface area contributed by atoms with Crippen LogP contribution in [-0.2, 0) is 0 Å². The van der Waals surface area contributed by atoms with Crippen molar-refractivity contribution in [3.05, 3.63) is 95.0 Å². The van der Waals surface area contributed by atoms with E-state index in [4.69, 9.17) is 49.4 Å². The van der Waals surface area contributed by atoms with Crippen molar-refractivity contribution in [2.24, 2.45) is 10.7 Å². The van der Waals surface area contributed by atoms with E-state index in [0.29, 0.717) is 33.1 Å². The summed E-state index contributed by atoms with van der Waals surface area (Å²) < 4.78 is 10.1. The summed E-state index contributed by atoms with van der Waals surface area (Å²) in [7, 11) is 6.80. The zero-order chi connectivity index (χ0) is 32.6. The van der Waals surface area contributed by atoms with Gasteiger partial charge in [0.25, 0.3) is 0 Å². The molecule has 0 saturated carbocycles. The first-order valence-electron chi connectivity index (χ1n) is 13.0. The lowest BCUT2D eigenvalue weighted by atomic mass is 10.3. The van der Waals surface area contributed by atoms with Gasteiger partial charge in [0.15, 0.2) is 6.19 Å².